The summed E-state index contributed by atoms with van der Waals surface area (Å²) in [6.07, 6.45) is 3.34. The first kappa shape index (κ1) is 21.9. The summed E-state index contributed by atoms with van der Waals surface area (Å²) in [5.74, 6) is 1.04. The maximum absolute atomic E-state index is 11.9. The molecule has 0 bridgehead atoms. The lowest BCUT2D eigenvalue weighted by molar-refractivity contribution is -0.123. The van der Waals surface area contributed by atoms with Gasteiger partial charge < -0.3 is 25.0 Å². The van der Waals surface area contributed by atoms with E-state index in [0.717, 1.165) is 77.8 Å². The standard InChI is InChI=1S/C19H37N5O3/c1-16(2)22-18(25)15-23-8-10-24(11-9-23)19(20-3)21-7-4-12-27-17-5-13-26-14-6-17/h16-17H,4-15H2,1-3H3,(H,20,21)(H,22,25). The summed E-state index contributed by atoms with van der Waals surface area (Å²) < 4.78 is 11.3. The highest BCUT2D eigenvalue weighted by Crippen LogP contribution is 2.10. The van der Waals surface area contributed by atoms with Gasteiger partial charge in [-0.1, -0.05) is 0 Å². The van der Waals surface area contributed by atoms with Gasteiger partial charge in [0, 0.05) is 65.6 Å². The van der Waals surface area contributed by atoms with Crippen molar-refractivity contribution in [2.24, 2.45) is 4.99 Å². The first-order valence-electron chi connectivity index (χ1n) is 10.2. The maximum Gasteiger partial charge on any atom is 0.234 e. The summed E-state index contributed by atoms with van der Waals surface area (Å²) in [4.78, 5) is 20.7. The van der Waals surface area contributed by atoms with E-state index in [1.807, 2.05) is 20.9 Å². The van der Waals surface area contributed by atoms with Crippen LogP contribution in [0.5, 0.6) is 0 Å². The number of hydrogen-bond donors (Lipinski definition) is 2. The third kappa shape index (κ3) is 8.45. The number of ether oxygens (including phenoxy) is 2. The predicted molar refractivity (Wildman–Crippen MR) is 107 cm³/mol. The Morgan fingerprint density at radius 1 is 1.22 bits per heavy atom. The van der Waals surface area contributed by atoms with Crippen LogP contribution in [0.15, 0.2) is 4.99 Å². The van der Waals surface area contributed by atoms with E-state index in [9.17, 15) is 4.79 Å². The Morgan fingerprint density at radius 3 is 2.56 bits per heavy atom. The summed E-state index contributed by atoms with van der Waals surface area (Å²) in [5.41, 5.74) is 0. The quantitative estimate of drug-likeness (QED) is 0.356. The molecule has 0 unspecified atom stereocenters. The van der Waals surface area contributed by atoms with Crippen molar-refractivity contribution < 1.29 is 14.3 Å². The number of carbonyl (C=O) groups is 1. The fourth-order valence-corrected chi connectivity index (χ4v) is 3.39. The topological polar surface area (TPSA) is 78.4 Å². The van der Waals surface area contributed by atoms with E-state index in [1.165, 1.54) is 0 Å². The predicted octanol–water partition coefficient (Wildman–Crippen LogP) is 0.290. The molecule has 27 heavy (non-hydrogen) atoms. The number of rotatable bonds is 8. The van der Waals surface area contributed by atoms with Crippen molar-refractivity contribution in [3.8, 4) is 0 Å². The minimum atomic E-state index is 0.102. The Hall–Kier alpha value is -1.38. The molecule has 2 saturated heterocycles. The zero-order valence-electron chi connectivity index (χ0n) is 17.2. The van der Waals surface area contributed by atoms with Gasteiger partial charge >= 0.3 is 0 Å². The molecule has 1 amide bonds. The number of nitrogens with one attached hydrogen (secondary N) is 2. The van der Waals surface area contributed by atoms with Gasteiger partial charge in [-0.2, -0.15) is 0 Å². The van der Waals surface area contributed by atoms with Crippen LogP contribution in [0, 0.1) is 0 Å². The fourth-order valence-electron chi connectivity index (χ4n) is 3.39. The van der Waals surface area contributed by atoms with Crippen molar-refractivity contribution in [1.82, 2.24) is 20.4 Å². The summed E-state index contributed by atoms with van der Waals surface area (Å²) in [5, 5.41) is 6.38. The van der Waals surface area contributed by atoms with E-state index in [-0.39, 0.29) is 11.9 Å². The van der Waals surface area contributed by atoms with Crippen LogP contribution >= 0.6 is 0 Å². The van der Waals surface area contributed by atoms with Gasteiger partial charge in [-0.05, 0) is 33.1 Å². The summed E-state index contributed by atoms with van der Waals surface area (Å²) in [6, 6.07) is 0.192. The number of piperazine rings is 1. The Labute approximate surface area is 163 Å². The Kier molecular flexibility index (Phi) is 9.86. The molecule has 2 fully saturated rings. The fraction of sp³-hybridized carbons (Fsp3) is 0.895. The van der Waals surface area contributed by atoms with Gasteiger partial charge in [0.05, 0.1) is 12.6 Å². The number of carbonyl (C=O) groups excluding carboxylic acids is 1. The van der Waals surface area contributed by atoms with Gasteiger partial charge in [-0.3, -0.25) is 14.7 Å². The first-order valence-corrected chi connectivity index (χ1v) is 10.2. The number of guanidine groups is 1. The Balaban J connectivity index is 1.58. The molecular weight excluding hydrogens is 346 g/mol. The molecular formula is C19H37N5O3. The van der Waals surface area contributed by atoms with Gasteiger partial charge in [0.2, 0.25) is 5.91 Å². The molecule has 2 N–H and O–H groups in total. The highest BCUT2D eigenvalue weighted by molar-refractivity contribution is 5.80. The highest BCUT2D eigenvalue weighted by Gasteiger charge is 2.21. The van der Waals surface area contributed by atoms with Crippen LogP contribution in [0.1, 0.15) is 33.1 Å². The Morgan fingerprint density at radius 2 is 1.93 bits per heavy atom. The van der Waals surface area contributed by atoms with Crippen LogP contribution in [0.3, 0.4) is 0 Å². The molecule has 156 valence electrons. The molecule has 0 saturated carbocycles. The summed E-state index contributed by atoms with van der Waals surface area (Å²) >= 11 is 0. The van der Waals surface area contributed by atoms with E-state index in [2.05, 4.69) is 25.4 Å². The van der Waals surface area contributed by atoms with Crippen molar-refractivity contribution >= 4 is 11.9 Å². The first-order chi connectivity index (χ1) is 13.1. The Bertz CT molecular complexity index is 458. The minimum Gasteiger partial charge on any atom is -0.381 e. The number of amides is 1. The molecule has 2 aliphatic rings. The van der Waals surface area contributed by atoms with Crippen molar-refractivity contribution in [3.05, 3.63) is 0 Å². The van der Waals surface area contributed by atoms with Crippen LogP contribution in [0.4, 0.5) is 0 Å². The third-order valence-electron chi connectivity index (χ3n) is 4.83. The molecule has 8 heteroatoms. The number of aliphatic imine (C=N–C) groups is 1. The normalized spacial score (nSPS) is 20.1. The van der Waals surface area contributed by atoms with Crippen molar-refractivity contribution in [3.63, 3.8) is 0 Å². The summed E-state index contributed by atoms with van der Waals surface area (Å²) in [6.45, 7) is 11.2. The van der Waals surface area contributed by atoms with Gasteiger partial charge in [0.1, 0.15) is 0 Å². The van der Waals surface area contributed by atoms with Gasteiger partial charge in [-0.25, -0.2) is 0 Å². The highest BCUT2D eigenvalue weighted by atomic mass is 16.5. The molecule has 0 aromatic rings. The monoisotopic (exact) mass is 383 g/mol. The van der Waals surface area contributed by atoms with E-state index in [1.54, 1.807) is 0 Å². The molecule has 0 aromatic heterocycles. The third-order valence-corrected chi connectivity index (χ3v) is 4.83. The minimum absolute atomic E-state index is 0.102. The van der Waals surface area contributed by atoms with Gasteiger partial charge in [0.25, 0.3) is 0 Å². The van der Waals surface area contributed by atoms with E-state index in [0.29, 0.717) is 12.6 Å². The van der Waals surface area contributed by atoms with E-state index >= 15 is 0 Å². The molecule has 2 heterocycles. The van der Waals surface area contributed by atoms with Crippen molar-refractivity contribution in [1.29, 1.82) is 0 Å². The summed E-state index contributed by atoms with van der Waals surface area (Å²) in [7, 11) is 1.82. The largest absolute Gasteiger partial charge is 0.381 e. The lowest BCUT2D eigenvalue weighted by Gasteiger charge is -2.36. The van der Waals surface area contributed by atoms with E-state index < -0.39 is 0 Å². The van der Waals surface area contributed by atoms with Crippen LogP contribution < -0.4 is 10.6 Å². The average Bonchev–Trinajstić information content (AvgIpc) is 2.66. The molecule has 2 rings (SSSR count). The molecule has 0 spiro atoms. The molecule has 8 nitrogen and oxygen atoms in total. The van der Waals surface area contributed by atoms with Gasteiger partial charge in [0.15, 0.2) is 5.96 Å². The van der Waals surface area contributed by atoms with Gasteiger partial charge in [-0.15, -0.1) is 0 Å². The van der Waals surface area contributed by atoms with E-state index in [4.69, 9.17) is 9.47 Å². The molecule has 0 aliphatic carbocycles. The molecule has 2 aliphatic heterocycles. The second-order valence-corrected chi connectivity index (χ2v) is 7.50. The van der Waals surface area contributed by atoms with Crippen molar-refractivity contribution in [2.45, 2.75) is 45.3 Å². The molecule has 0 aromatic carbocycles. The van der Waals surface area contributed by atoms with Crippen LogP contribution in [0.2, 0.25) is 0 Å². The van der Waals surface area contributed by atoms with Crippen LogP contribution in [-0.4, -0.2) is 99.9 Å². The zero-order chi connectivity index (χ0) is 19.5. The number of hydrogen-bond acceptors (Lipinski definition) is 5. The maximum atomic E-state index is 11.9. The SMILES string of the molecule is CN=C(NCCCOC1CCOCC1)N1CCN(CC(=O)NC(C)C)CC1. The second kappa shape index (κ2) is 12.2. The zero-order valence-corrected chi connectivity index (χ0v) is 17.2. The average molecular weight is 384 g/mol. The van der Waals surface area contributed by atoms with Crippen LogP contribution in [-0.2, 0) is 14.3 Å². The van der Waals surface area contributed by atoms with Crippen molar-refractivity contribution in [2.75, 3.05) is 66.1 Å². The smallest absolute Gasteiger partial charge is 0.234 e. The lowest BCUT2D eigenvalue weighted by atomic mass is 10.1. The van der Waals surface area contributed by atoms with Crippen LogP contribution in [0.25, 0.3) is 0 Å². The molecule has 0 radical (unpaired) electrons. The lowest BCUT2D eigenvalue weighted by Crippen LogP contribution is -2.54. The molecule has 0 atom stereocenters. The number of nitrogens with zero attached hydrogens (tertiary/aromatic N) is 3. The second-order valence-electron chi connectivity index (χ2n) is 7.50.